The normalized spacial score (nSPS) is 10.6. The highest BCUT2D eigenvalue weighted by atomic mass is 16.3. The molecule has 19 heavy (non-hydrogen) atoms. The molecule has 0 bridgehead atoms. The zero-order chi connectivity index (χ0) is 13.2. The molecule has 0 saturated heterocycles. The number of aryl methyl sites for hydroxylation is 1. The van der Waals surface area contributed by atoms with Gasteiger partial charge in [-0.1, -0.05) is 0 Å². The largest absolute Gasteiger partial charge is 0.460 e. The summed E-state index contributed by atoms with van der Waals surface area (Å²) in [6, 6.07) is 7.50. The van der Waals surface area contributed by atoms with E-state index in [9.17, 15) is 0 Å². The molecule has 5 nitrogen and oxygen atoms in total. The summed E-state index contributed by atoms with van der Waals surface area (Å²) >= 11 is 0. The lowest BCUT2D eigenvalue weighted by Gasteiger charge is -2.06. The highest BCUT2D eigenvalue weighted by Gasteiger charge is 2.14. The van der Waals surface area contributed by atoms with Gasteiger partial charge in [-0.2, -0.15) is 0 Å². The first-order valence-corrected chi connectivity index (χ1v) is 5.84. The number of furan rings is 1. The van der Waals surface area contributed by atoms with Gasteiger partial charge in [0, 0.05) is 18.0 Å². The molecule has 0 aromatic carbocycles. The van der Waals surface area contributed by atoms with E-state index in [0.29, 0.717) is 17.3 Å². The first-order chi connectivity index (χ1) is 9.24. The Balaban J connectivity index is 2.20. The predicted octanol–water partition coefficient (Wildman–Crippen LogP) is 2.69. The zero-order valence-electron chi connectivity index (χ0n) is 10.4. The minimum Gasteiger partial charge on any atom is -0.460 e. The molecule has 2 N–H and O–H groups in total. The van der Waals surface area contributed by atoms with E-state index in [1.165, 1.54) is 6.20 Å². The summed E-state index contributed by atoms with van der Waals surface area (Å²) in [5, 5.41) is 0. The van der Waals surface area contributed by atoms with Gasteiger partial charge in [0.05, 0.1) is 11.9 Å². The van der Waals surface area contributed by atoms with Crippen LogP contribution in [0, 0.1) is 6.92 Å². The smallest absolute Gasteiger partial charge is 0.154 e. The SMILES string of the molecule is Cc1ccc(-c2nc(N)cnc2-c2ccncc2)o1. The van der Waals surface area contributed by atoms with Crippen LogP contribution in [-0.2, 0) is 0 Å². The lowest BCUT2D eigenvalue weighted by Crippen LogP contribution is -1.97. The molecule has 3 aromatic rings. The second-order valence-electron chi connectivity index (χ2n) is 4.14. The molecule has 94 valence electrons. The number of aromatic nitrogens is 3. The molecular formula is C14H12N4O. The van der Waals surface area contributed by atoms with Crippen molar-refractivity contribution in [2.75, 3.05) is 5.73 Å². The van der Waals surface area contributed by atoms with Crippen LogP contribution in [0.15, 0.2) is 47.3 Å². The number of nitrogens with zero attached hydrogens (tertiary/aromatic N) is 3. The summed E-state index contributed by atoms with van der Waals surface area (Å²) < 4.78 is 5.61. The maximum atomic E-state index is 5.72. The van der Waals surface area contributed by atoms with Gasteiger partial charge in [-0.05, 0) is 31.2 Å². The van der Waals surface area contributed by atoms with Gasteiger partial charge in [-0.25, -0.2) is 9.97 Å². The van der Waals surface area contributed by atoms with Crippen LogP contribution in [0.1, 0.15) is 5.76 Å². The van der Waals surface area contributed by atoms with Crippen LogP contribution in [0.3, 0.4) is 0 Å². The molecule has 0 spiro atoms. The third-order valence-electron chi connectivity index (χ3n) is 2.72. The van der Waals surface area contributed by atoms with Gasteiger partial charge in [0.1, 0.15) is 17.3 Å². The van der Waals surface area contributed by atoms with Gasteiger partial charge in [0.2, 0.25) is 0 Å². The Kier molecular flexibility index (Phi) is 2.72. The van der Waals surface area contributed by atoms with Gasteiger partial charge in [-0.15, -0.1) is 0 Å². The van der Waals surface area contributed by atoms with Crippen molar-refractivity contribution in [1.29, 1.82) is 0 Å². The van der Waals surface area contributed by atoms with Crippen LogP contribution in [0.5, 0.6) is 0 Å². The minimum absolute atomic E-state index is 0.363. The lowest BCUT2D eigenvalue weighted by molar-refractivity contribution is 0.546. The van der Waals surface area contributed by atoms with Crippen molar-refractivity contribution >= 4 is 5.82 Å². The third kappa shape index (κ3) is 2.18. The molecule has 0 atom stereocenters. The summed E-state index contributed by atoms with van der Waals surface area (Å²) in [4.78, 5) is 12.7. The Hall–Kier alpha value is -2.69. The van der Waals surface area contributed by atoms with E-state index in [-0.39, 0.29) is 0 Å². The van der Waals surface area contributed by atoms with Gasteiger partial charge in [-0.3, -0.25) is 4.98 Å². The van der Waals surface area contributed by atoms with Gasteiger partial charge in [0.25, 0.3) is 0 Å². The van der Waals surface area contributed by atoms with E-state index in [4.69, 9.17) is 10.2 Å². The fourth-order valence-electron chi connectivity index (χ4n) is 1.86. The third-order valence-corrected chi connectivity index (χ3v) is 2.72. The molecular weight excluding hydrogens is 240 g/mol. The topological polar surface area (TPSA) is 77.8 Å². The van der Waals surface area contributed by atoms with Gasteiger partial charge >= 0.3 is 0 Å². The molecule has 0 amide bonds. The van der Waals surface area contributed by atoms with Crippen molar-refractivity contribution in [2.45, 2.75) is 6.92 Å². The molecule has 0 aliphatic carbocycles. The average Bonchev–Trinajstić information content (AvgIpc) is 2.86. The van der Waals surface area contributed by atoms with Crippen LogP contribution in [0.25, 0.3) is 22.7 Å². The second-order valence-corrected chi connectivity index (χ2v) is 4.14. The van der Waals surface area contributed by atoms with E-state index in [2.05, 4.69) is 15.0 Å². The van der Waals surface area contributed by atoms with Crippen molar-refractivity contribution in [3.63, 3.8) is 0 Å². The summed E-state index contributed by atoms with van der Waals surface area (Å²) in [7, 11) is 0. The summed E-state index contributed by atoms with van der Waals surface area (Å²) in [6.45, 7) is 1.88. The monoisotopic (exact) mass is 252 g/mol. The molecule has 0 unspecified atom stereocenters. The first kappa shape index (κ1) is 11.4. The van der Waals surface area contributed by atoms with E-state index >= 15 is 0 Å². The number of hydrogen-bond acceptors (Lipinski definition) is 5. The van der Waals surface area contributed by atoms with E-state index < -0.39 is 0 Å². The molecule has 3 heterocycles. The quantitative estimate of drug-likeness (QED) is 0.758. The molecule has 0 radical (unpaired) electrons. The summed E-state index contributed by atoms with van der Waals surface area (Å²) in [5.74, 6) is 1.84. The van der Waals surface area contributed by atoms with Crippen molar-refractivity contribution in [1.82, 2.24) is 15.0 Å². The van der Waals surface area contributed by atoms with Crippen molar-refractivity contribution in [2.24, 2.45) is 0 Å². The van der Waals surface area contributed by atoms with Crippen LogP contribution >= 0.6 is 0 Å². The Labute approximate surface area is 110 Å². The summed E-state index contributed by atoms with van der Waals surface area (Å²) in [5.41, 5.74) is 8.01. The van der Waals surface area contributed by atoms with Gasteiger partial charge < -0.3 is 10.2 Å². The molecule has 0 fully saturated rings. The minimum atomic E-state index is 0.363. The first-order valence-electron chi connectivity index (χ1n) is 5.84. The zero-order valence-corrected chi connectivity index (χ0v) is 10.4. The Morgan fingerprint density at radius 2 is 1.84 bits per heavy atom. The predicted molar refractivity (Wildman–Crippen MR) is 72.1 cm³/mol. The Morgan fingerprint density at radius 3 is 2.53 bits per heavy atom. The average molecular weight is 252 g/mol. The van der Waals surface area contributed by atoms with Crippen LogP contribution in [-0.4, -0.2) is 15.0 Å². The lowest BCUT2D eigenvalue weighted by atomic mass is 10.1. The Morgan fingerprint density at radius 1 is 1.05 bits per heavy atom. The molecule has 3 rings (SSSR count). The van der Waals surface area contributed by atoms with Crippen LogP contribution in [0.2, 0.25) is 0 Å². The van der Waals surface area contributed by atoms with E-state index in [0.717, 1.165) is 17.0 Å². The summed E-state index contributed by atoms with van der Waals surface area (Å²) in [6.07, 6.45) is 4.96. The van der Waals surface area contributed by atoms with Crippen molar-refractivity contribution in [3.8, 4) is 22.7 Å². The molecule has 0 aliphatic heterocycles. The van der Waals surface area contributed by atoms with Gasteiger partial charge in [0.15, 0.2) is 5.76 Å². The number of hydrogen-bond donors (Lipinski definition) is 1. The fourth-order valence-corrected chi connectivity index (χ4v) is 1.86. The fraction of sp³-hybridized carbons (Fsp3) is 0.0714. The standard InChI is InChI=1S/C14H12N4O/c1-9-2-3-11(19-9)14-13(17-8-12(15)18-14)10-4-6-16-7-5-10/h2-8H,1H3,(H2,15,18). The number of nitrogen functional groups attached to an aromatic ring is 1. The molecule has 5 heteroatoms. The maximum Gasteiger partial charge on any atom is 0.154 e. The number of pyridine rings is 1. The van der Waals surface area contributed by atoms with Crippen LogP contribution < -0.4 is 5.73 Å². The van der Waals surface area contributed by atoms with E-state index in [1.54, 1.807) is 12.4 Å². The molecule has 0 saturated carbocycles. The Bertz CT molecular complexity index is 706. The van der Waals surface area contributed by atoms with Crippen LogP contribution in [0.4, 0.5) is 5.82 Å². The molecule has 3 aromatic heterocycles. The highest BCUT2D eigenvalue weighted by Crippen LogP contribution is 2.30. The van der Waals surface area contributed by atoms with Crippen molar-refractivity contribution in [3.05, 3.63) is 48.6 Å². The van der Waals surface area contributed by atoms with E-state index in [1.807, 2.05) is 31.2 Å². The number of anilines is 1. The number of nitrogens with two attached hydrogens (primary N) is 1. The highest BCUT2D eigenvalue weighted by molar-refractivity contribution is 5.75. The molecule has 0 aliphatic rings. The second kappa shape index (κ2) is 4.53. The van der Waals surface area contributed by atoms with Crippen molar-refractivity contribution < 1.29 is 4.42 Å². The maximum absolute atomic E-state index is 5.72. The number of rotatable bonds is 2.